The number of aromatic nitrogens is 2. The second-order valence-electron chi connectivity index (χ2n) is 6.93. The molecular formula is C19H24N4O2. The Kier molecular flexibility index (Phi) is 4.88. The molecule has 1 aromatic heterocycles. The van der Waals surface area contributed by atoms with Crippen molar-refractivity contribution in [2.75, 3.05) is 18.9 Å². The maximum absolute atomic E-state index is 12.4. The van der Waals surface area contributed by atoms with Crippen LogP contribution < -0.4 is 5.32 Å². The lowest BCUT2D eigenvalue weighted by atomic mass is 10.1. The zero-order chi connectivity index (χ0) is 18.0. The SMILES string of the molecule is CC(C)c1nccn1Cc1cccc(NC(=O)[C@@H]2CC(=O)N(C)C2)c1. The molecule has 1 N–H and O–H groups in total. The Morgan fingerprint density at radius 1 is 1.40 bits per heavy atom. The lowest BCUT2D eigenvalue weighted by Crippen LogP contribution is -2.25. The van der Waals surface area contributed by atoms with Gasteiger partial charge in [0.25, 0.3) is 0 Å². The molecule has 2 heterocycles. The van der Waals surface area contributed by atoms with Gasteiger partial charge in [-0.25, -0.2) is 4.98 Å². The number of carbonyl (C=O) groups is 2. The van der Waals surface area contributed by atoms with Crippen LogP contribution in [-0.4, -0.2) is 39.9 Å². The molecule has 1 aliphatic heterocycles. The molecule has 0 bridgehead atoms. The summed E-state index contributed by atoms with van der Waals surface area (Å²) in [5.74, 6) is 1.05. The van der Waals surface area contributed by atoms with Crippen LogP contribution in [0.25, 0.3) is 0 Å². The molecular weight excluding hydrogens is 316 g/mol. The number of carbonyl (C=O) groups excluding carboxylic acids is 2. The number of nitrogens with zero attached hydrogens (tertiary/aromatic N) is 3. The fourth-order valence-corrected chi connectivity index (χ4v) is 3.18. The highest BCUT2D eigenvalue weighted by Crippen LogP contribution is 2.20. The number of hydrogen-bond acceptors (Lipinski definition) is 3. The number of likely N-dealkylation sites (tertiary alicyclic amines) is 1. The lowest BCUT2D eigenvalue weighted by molar-refractivity contribution is -0.127. The zero-order valence-corrected chi connectivity index (χ0v) is 14.9. The molecule has 0 radical (unpaired) electrons. The van der Waals surface area contributed by atoms with E-state index in [0.29, 0.717) is 19.0 Å². The Balaban J connectivity index is 1.68. The van der Waals surface area contributed by atoms with Crippen LogP contribution in [-0.2, 0) is 16.1 Å². The van der Waals surface area contributed by atoms with Crippen molar-refractivity contribution in [2.45, 2.75) is 32.7 Å². The highest BCUT2D eigenvalue weighted by atomic mass is 16.2. The van der Waals surface area contributed by atoms with E-state index >= 15 is 0 Å². The second kappa shape index (κ2) is 7.09. The topological polar surface area (TPSA) is 67.2 Å². The van der Waals surface area contributed by atoms with Gasteiger partial charge in [-0.05, 0) is 17.7 Å². The molecule has 0 unspecified atom stereocenters. The normalized spacial score (nSPS) is 17.4. The van der Waals surface area contributed by atoms with E-state index in [0.717, 1.165) is 17.1 Å². The predicted molar refractivity (Wildman–Crippen MR) is 96.2 cm³/mol. The summed E-state index contributed by atoms with van der Waals surface area (Å²) in [5, 5.41) is 2.94. The molecule has 1 atom stereocenters. The van der Waals surface area contributed by atoms with Crippen LogP contribution in [0, 0.1) is 5.92 Å². The number of rotatable bonds is 5. The molecule has 6 heteroatoms. The summed E-state index contributed by atoms with van der Waals surface area (Å²) >= 11 is 0. The van der Waals surface area contributed by atoms with Crippen LogP contribution in [0.15, 0.2) is 36.7 Å². The van der Waals surface area contributed by atoms with E-state index in [-0.39, 0.29) is 24.2 Å². The number of imidazole rings is 1. The first-order valence-corrected chi connectivity index (χ1v) is 8.59. The van der Waals surface area contributed by atoms with Gasteiger partial charge in [0.1, 0.15) is 5.82 Å². The molecule has 0 spiro atoms. The zero-order valence-electron chi connectivity index (χ0n) is 14.9. The van der Waals surface area contributed by atoms with Crippen molar-refractivity contribution < 1.29 is 9.59 Å². The third-order valence-electron chi connectivity index (χ3n) is 4.52. The van der Waals surface area contributed by atoms with Crippen LogP contribution in [0.3, 0.4) is 0 Å². The summed E-state index contributed by atoms with van der Waals surface area (Å²) in [4.78, 5) is 30.0. The number of amides is 2. The molecule has 1 fully saturated rings. The average molecular weight is 340 g/mol. The molecule has 25 heavy (non-hydrogen) atoms. The van der Waals surface area contributed by atoms with Crippen molar-refractivity contribution in [3.8, 4) is 0 Å². The molecule has 0 aliphatic carbocycles. The highest BCUT2D eigenvalue weighted by Gasteiger charge is 2.32. The van der Waals surface area contributed by atoms with Crippen molar-refractivity contribution >= 4 is 17.5 Å². The predicted octanol–water partition coefficient (Wildman–Crippen LogP) is 2.47. The summed E-state index contributed by atoms with van der Waals surface area (Å²) in [7, 11) is 1.73. The molecule has 3 rings (SSSR count). The monoisotopic (exact) mass is 340 g/mol. The Labute approximate surface area is 147 Å². The van der Waals surface area contributed by atoms with Crippen molar-refractivity contribution in [2.24, 2.45) is 5.92 Å². The Bertz CT molecular complexity index is 781. The molecule has 1 aliphatic rings. The first-order valence-electron chi connectivity index (χ1n) is 8.59. The minimum atomic E-state index is -0.276. The van der Waals surface area contributed by atoms with Crippen molar-refractivity contribution in [3.05, 3.63) is 48.0 Å². The van der Waals surface area contributed by atoms with E-state index < -0.39 is 0 Å². The van der Waals surface area contributed by atoms with Gasteiger partial charge in [-0.3, -0.25) is 9.59 Å². The first kappa shape index (κ1) is 17.2. The number of nitrogens with one attached hydrogen (secondary N) is 1. The quantitative estimate of drug-likeness (QED) is 0.909. The largest absolute Gasteiger partial charge is 0.345 e. The fourth-order valence-electron chi connectivity index (χ4n) is 3.18. The maximum atomic E-state index is 12.4. The van der Waals surface area contributed by atoms with Crippen LogP contribution in [0.4, 0.5) is 5.69 Å². The van der Waals surface area contributed by atoms with Crippen LogP contribution in [0.1, 0.15) is 37.6 Å². The van der Waals surface area contributed by atoms with Gasteiger partial charge in [0.15, 0.2) is 0 Å². The van der Waals surface area contributed by atoms with Gasteiger partial charge >= 0.3 is 0 Å². The van der Waals surface area contributed by atoms with E-state index in [4.69, 9.17) is 0 Å². The summed E-state index contributed by atoms with van der Waals surface area (Å²) in [6, 6.07) is 7.82. The minimum Gasteiger partial charge on any atom is -0.345 e. The summed E-state index contributed by atoms with van der Waals surface area (Å²) in [5.41, 5.74) is 1.85. The lowest BCUT2D eigenvalue weighted by Gasteiger charge is -2.13. The standard InChI is InChI=1S/C19H24N4O2/c1-13(2)18-20-7-8-23(18)11-14-5-4-6-16(9-14)21-19(25)15-10-17(24)22(3)12-15/h4-9,13,15H,10-12H2,1-3H3,(H,21,25)/t15-/m1/s1. The molecule has 132 valence electrons. The summed E-state index contributed by atoms with van der Waals surface area (Å²) < 4.78 is 2.12. The first-order chi connectivity index (χ1) is 11.9. The van der Waals surface area contributed by atoms with E-state index in [1.54, 1.807) is 11.9 Å². The number of hydrogen-bond donors (Lipinski definition) is 1. The molecule has 2 amide bonds. The summed E-state index contributed by atoms with van der Waals surface area (Å²) in [6.45, 7) is 5.43. The molecule has 0 saturated carbocycles. The van der Waals surface area contributed by atoms with Gasteiger partial charge in [0.05, 0.1) is 5.92 Å². The van der Waals surface area contributed by atoms with Crippen molar-refractivity contribution in [1.82, 2.24) is 14.5 Å². The fraction of sp³-hybridized carbons (Fsp3) is 0.421. The van der Waals surface area contributed by atoms with Crippen molar-refractivity contribution in [1.29, 1.82) is 0 Å². The molecule has 1 saturated heterocycles. The minimum absolute atomic E-state index is 0.0234. The van der Waals surface area contributed by atoms with Gasteiger partial charge in [-0.2, -0.15) is 0 Å². The van der Waals surface area contributed by atoms with Gasteiger partial charge in [-0.1, -0.05) is 26.0 Å². The number of anilines is 1. The Morgan fingerprint density at radius 3 is 2.88 bits per heavy atom. The van der Waals surface area contributed by atoms with Crippen LogP contribution in [0.5, 0.6) is 0 Å². The number of benzene rings is 1. The molecule has 6 nitrogen and oxygen atoms in total. The average Bonchev–Trinajstić information content (AvgIpc) is 3.15. The van der Waals surface area contributed by atoms with Crippen molar-refractivity contribution in [3.63, 3.8) is 0 Å². The van der Waals surface area contributed by atoms with Gasteiger partial charge in [0.2, 0.25) is 11.8 Å². The van der Waals surface area contributed by atoms with Crippen LogP contribution in [0.2, 0.25) is 0 Å². The summed E-state index contributed by atoms with van der Waals surface area (Å²) in [6.07, 6.45) is 4.07. The third-order valence-corrected chi connectivity index (χ3v) is 4.52. The Hall–Kier alpha value is -2.63. The smallest absolute Gasteiger partial charge is 0.229 e. The van der Waals surface area contributed by atoms with E-state index in [1.807, 2.05) is 36.7 Å². The third kappa shape index (κ3) is 3.90. The van der Waals surface area contributed by atoms with Crippen LogP contribution >= 0.6 is 0 Å². The highest BCUT2D eigenvalue weighted by molar-refractivity contribution is 5.97. The molecule has 2 aromatic rings. The van der Waals surface area contributed by atoms with Gasteiger partial charge < -0.3 is 14.8 Å². The maximum Gasteiger partial charge on any atom is 0.229 e. The van der Waals surface area contributed by atoms with E-state index in [9.17, 15) is 9.59 Å². The van der Waals surface area contributed by atoms with Gasteiger partial charge in [0, 0.05) is 50.6 Å². The molecule has 1 aromatic carbocycles. The van der Waals surface area contributed by atoms with E-state index in [1.165, 1.54) is 0 Å². The van der Waals surface area contributed by atoms with Gasteiger partial charge in [-0.15, -0.1) is 0 Å². The van der Waals surface area contributed by atoms with E-state index in [2.05, 4.69) is 28.7 Å². The Morgan fingerprint density at radius 2 is 2.20 bits per heavy atom. The second-order valence-corrected chi connectivity index (χ2v) is 6.93.